The van der Waals surface area contributed by atoms with E-state index in [-0.39, 0.29) is 12.3 Å². The highest BCUT2D eigenvalue weighted by molar-refractivity contribution is 8.16. The molecule has 1 atom stereocenters. The van der Waals surface area contributed by atoms with E-state index in [4.69, 9.17) is 16.3 Å². The summed E-state index contributed by atoms with van der Waals surface area (Å²) in [5.41, 5.74) is 3.57. The van der Waals surface area contributed by atoms with Crippen molar-refractivity contribution in [3.8, 4) is 0 Å². The molecule has 6 nitrogen and oxygen atoms in total. The fourth-order valence-electron chi connectivity index (χ4n) is 3.97. The van der Waals surface area contributed by atoms with Crippen LogP contribution in [0.1, 0.15) is 30.5 Å². The third kappa shape index (κ3) is 4.70. The Labute approximate surface area is 202 Å². The van der Waals surface area contributed by atoms with Gasteiger partial charge < -0.3 is 14.5 Å². The maximum Gasteiger partial charge on any atom is 0.338 e. The van der Waals surface area contributed by atoms with E-state index in [9.17, 15) is 9.59 Å². The fourth-order valence-corrected chi connectivity index (χ4v) is 5.17. The van der Waals surface area contributed by atoms with Crippen molar-refractivity contribution in [1.82, 2.24) is 9.80 Å². The monoisotopic (exact) mass is 481 g/mol. The van der Waals surface area contributed by atoms with E-state index in [0.717, 1.165) is 16.8 Å². The van der Waals surface area contributed by atoms with Gasteiger partial charge in [-0.15, -0.1) is 0 Å². The zero-order chi connectivity index (χ0) is 23.5. The van der Waals surface area contributed by atoms with E-state index >= 15 is 0 Å². The second-order valence-corrected chi connectivity index (χ2v) is 9.06. The number of amides is 1. The van der Waals surface area contributed by atoms with Crippen LogP contribution in [0.3, 0.4) is 0 Å². The molecule has 8 heteroatoms. The average Bonchev–Trinajstić information content (AvgIpc) is 3.20. The Bertz CT molecular complexity index is 1180. The molecule has 0 fully saturated rings. The van der Waals surface area contributed by atoms with Crippen LogP contribution in [0.25, 0.3) is 0 Å². The third-order valence-corrected chi connectivity index (χ3v) is 6.86. The Morgan fingerprint density at radius 1 is 1.15 bits per heavy atom. The van der Waals surface area contributed by atoms with Gasteiger partial charge >= 0.3 is 5.97 Å². The number of carbonyl (C=O) groups is 2. The Hall–Kier alpha value is -3.03. The highest BCUT2D eigenvalue weighted by Gasteiger charge is 2.41. The smallest absolute Gasteiger partial charge is 0.338 e. The van der Waals surface area contributed by atoms with Gasteiger partial charge in [0, 0.05) is 24.3 Å². The predicted octanol–water partition coefficient (Wildman–Crippen LogP) is 5.14. The molecule has 170 valence electrons. The number of methoxy groups -OCH3 is 1. The minimum Gasteiger partial charge on any atom is -0.466 e. The Balaban J connectivity index is 1.65. The lowest BCUT2D eigenvalue weighted by atomic mass is 9.93. The van der Waals surface area contributed by atoms with Crippen molar-refractivity contribution >= 4 is 40.4 Å². The molecule has 0 spiro atoms. The van der Waals surface area contributed by atoms with E-state index < -0.39 is 12.0 Å². The highest BCUT2D eigenvalue weighted by atomic mass is 35.5. The Morgan fingerprint density at radius 3 is 2.55 bits per heavy atom. The number of fused-ring (bicyclic) bond motifs is 1. The van der Waals surface area contributed by atoms with Crippen molar-refractivity contribution < 1.29 is 14.3 Å². The number of ether oxygens (including phenoxy) is 1. The van der Waals surface area contributed by atoms with E-state index in [1.807, 2.05) is 58.8 Å². The molecular weight excluding hydrogens is 458 g/mol. The lowest BCUT2D eigenvalue weighted by Gasteiger charge is -2.36. The van der Waals surface area contributed by atoms with Crippen molar-refractivity contribution in [3.05, 3.63) is 93.1 Å². The number of hydrogen-bond acceptors (Lipinski definition) is 6. The maximum absolute atomic E-state index is 13.1. The van der Waals surface area contributed by atoms with Gasteiger partial charge in [0.15, 0.2) is 5.17 Å². The standard InChI is InChI=1S/C25H24ClN3O3S/c1-16-22(24(31)32-3)23(19-11-7-8-12-20(19)26)29-18(15-33-25(29)27-16)13-21(30)28(2)14-17-9-5-4-6-10-17/h4-12,15,23H,13-14H2,1-3H3. The molecule has 33 heavy (non-hydrogen) atoms. The lowest BCUT2D eigenvalue weighted by molar-refractivity contribution is -0.136. The molecule has 0 radical (unpaired) electrons. The number of aliphatic imine (C=N–C) groups is 1. The topological polar surface area (TPSA) is 62.2 Å². The summed E-state index contributed by atoms with van der Waals surface area (Å²) in [7, 11) is 3.14. The minimum absolute atomic E-state index is 0.0317. The number of hydrogen-bond donors (Lipinski definition) is 0. The summed E-state index contributed by atoms with van der Waals surface area (Å²) >= 11 is 8.00. The molecule has 2 aliphatic heterocycles. The van der Waals surface area contributed by atoms with Gasteiger partial charge in [0.2, 0.25) is 5.91 Å². The van der Waals surface area contributed by atoms with E-state index in [0.29, 0.717) is 28.0 Å². The number of allylic oxidation sites excluding steroid dienone is 1. The number of nitrogens with zero attached hydrogens (tertiary/aromatic N) is 3. The molecule has 2 aliphatic rings. The van der Waals surface area contributed by atoms with Crippen molar-refractivity contribution in [2.24, 2.45) is 4.99 Å². The first-order valence-electron chi connectivity index (χ1n) is 10.5. The maximum atomic E-state index is 13.1. The molecule has 2 aromatic rings. The summed E-state index contributed by atoms with van der Waals surface area (Å²) in [5.74, 6) is -0.500. The second kappa shape index (κ2) is 9.85. The van der Waals surface area contributed by atoms with E-state index in [2.05, 4.69) is 4.99 Å². The Kier molecular flexibility index (Phi) is 6.91. The molecule has 2 aromatic carbocycles. The molecule has 1 amide bonds. The first kappa shape index (κ1) is 23.1. The summed E-state index contributed by atoms with van der Waals surface area (Å²) < 4.78 is 5.08. The number of amidine groups is 1. The largest absolute Gasteiger partial charge is 0.466 e. The van der Waals surface area contributed by atoms with Crippen LogP contribution >= 0.6 is 23.4 Å². The normalized spacial score (nSPS) is 17.3. The molecule has 0 bridgehead atoms. The summed E-state index contributed by atoms with van der Waals surface area (Å²) in [5, 5.41) is 3.16. The van der Waals surface area contributed by atoms with Crippen LogP contribution in [0.2, 0.25) is 5.02 Å². The molecule has 0 aromatic heterocycles. The molecule has 0 saturated carbocycles. The molecule has 4 rings (SSSR count). The number of rotatable bonds is 6. The highest BCUT2D eigenvalue weighted by Crippen LogP contribution is 2.46. The first-order valence-corrected chi connectivity index (χ1v) is 11.7. The molecule has 0 aliphatic carbocycles. The lowest BCUT2D eigenvalue weighted by Crippen LogP contribution is -2.38. The number of thioether (sulfide) groups is 1. The second-order valence-electron chi connectivity index (χ2n) is 7.82. The van der Waals surface area contributed by atoms with Gasteiger partial charge in [0.1, 0.15) is 0 Å². The van der Waals surface area contributed by atoms with Crippen molar-refractivity contribution in [3.63, 3.8) is 0 Å². The van der Waals surface area contributed by atoms with Gasteiger partial charge in [-0.3, -0.25) is 4.79 Å². The quantitative estimate of drug-likeness (QED) is 0.535. The number of halogens is 1. The van der Waals surface area contributed by atoms with Crippen LogP contribution in [0.5, 0.6) is 0 Å². The minimum atomic E-state index is -0.535. The van der Waals surface area contributed by atoms with Gasteiger partial charge in [0.25, 0.3) is 0 Å². The fraction of sp³-hybridized carbons (Fsp3) is 0.240. The zero-order valence-corrected chi connectivity index (χ0v) is 20.2. The summed E-state index contributed by atoms with van der Waals surface area (Å²) in [4.78, 5) is 34.1. The molecule has 0 saturated heterocycles. The van der Waals surface area contributed by atoms with Crippen LogP contribution in [-0.2, 0) is 20.9 Å². The van der Waals surface area contributed by atoms with Crippen LogP contribution in [-0.4, -0.2) is 41.0 Å². The van der Waals surface area contributed by atoms with Crippen LogP contribution in [0, 0.1) is 0 Å². The SMILES string of the molecule is COC(=O)C1=C(C)N=C2SC=C(CC(=O)N(C)Cc3ccccc3)N2C1c1ccccc1Cl. The Morgan fingerprint density at radius 2 is 1.85 bits per heavy atom. The van der Waals surface area contributed by atoms with Crippen LogP contribution in [0.15, 0.2) is 82.0 Å². The summed E-state index contributed by atoms with van der Waals surface area (Å²) in [6.45, 7) is 2.30. The van der Waals surface area contributed by atoms with E-state index in [1.165, 1.54) is 18.9 Å². The molecule has 1 unspecified atom stereocenters. The van der Waals surface area contributed by atoms with Gasteiger partial charge in [0.05, 0.1) is 30.8 Å². The third-order valence-electron chi connectivity index (χ3n) is 5.63. The number of esters is 1. The predicted molar refractivity (Wildman–Crippen MR) is 131 cm³/mol. The number of carbonyl (C=O) groups excluding carboxylic acids is 2. The van der Waals surface area contributed by atoms with E-state index in [1.54, 1.807) is 24.9 Å². The summed E-state index contributed by atoms with van der Waals surface area (Å²) in [6, 6.07) is 16.7. The molecule has 2 heterocycles. The summed E-state index contributed by atoms with van der Waals surface area (Å²) in [6.07, 6.45) is 0.170. The molecule has 0 N–H and O–H groups in total. The van der Waals surface area contributed by atoms with Crippen LogP contribution in [0.4, 0.5) is 0 Å². The zero-order valence-electron chi connectivity index (χ0n) is 18.6. The van der Waals surface area contributed by atoms with Gasteiger partial charge in [-0.2, -0.15) is 0 Å². The average molecular weight is 482 g/mol. The van der Waals surface area contributed by atoms with Crippen molar-refractivity contribution in [2.75, 3.05) is 14.2 Å². The van der Waals surface area contributed by atoms with Gasteiger partial charge in [-0.1, -0.05) is 71.9 Å². The number of benzene rings is 2. The molecular formula is C25H24ClN3O3S. The first-order chi connectivity index (χ1) is 15.9. The van der Waals surface area contributed by atoms with Crippen LogP contribution < -0.4 is 0 Å². The van der Waals surface area contributed by atoms with Gasteiger partial charge in [-0.05, 0) is 29.5 Å². The van der Waals surface area contributed by atoms with Crippen molar-refractivity contribution in [1.29, 1.82) is 0 Å². The van der Waals surface area contributed by atoms with Gasteiger partial charge in [-0.25, -0.2) is 9.79 Å². The van der Waals surface area contributed by atoms with Crippen molar-refractivity contribution in [2.45, 2.75) is 25.9 Å².